The first-order chi connectivity index (χ1) is 24.0. The molecule has 6 rings (SSSR count). The number of nitrogens with one attached hydrogen (secondary N) is 1. The van der Waals surface area contributed by atoms with E-state index in [2.05, 4.69) is 80.9 Å². The first kappa shape index (κ1) is 53.0. The van der Waals surface area contributed by atoms with Crippen LogP contribution in [0.15, 0.2) is 73.3 Å². The molecule has 6 heterocycles. The number of aromatic nitrogens is 6. The molecule has 0 fully saturated rings. The molecule has 52 heavy (non-hydrogen) atoms. The maximum absolute atomic E-state index is 10.1. The van der Waals surface area contributed by atoms with Crippen molar-refractivity contribution in [3.05, 3.63) is 102 Å². The molecular formula is C26H24Cl5KN8O6S6. The molecule has 276 valence electrons. The minimum atomic E-state index is -3.72. The molecule has 26 heteroatoms. The van der Waals surface area contributed by atoms with Gasteiger partial charge in [-0.2, -0.15) is 8.42 Å². The Bertz CT molecular complexity index is 2020. The maximum atomic E-state index is 10.1. The van der Waals surface area contributed by atoms with Crippen molar-refractivity contribution in [2.45, 2.75) is 6.92 Å². The van der Waals surface area contributed by atoms with Crippen LogP contribution in [-0.2, 0) is 25.6 Å². The van der Waals surface area contributed by atoms with Crippen LogP contribution in [0, 0.1) is 14.1 Å². The van der Waals surface area contributed by atoms with Crippen LogP contribution in [0.3, 0.4) is 0 Å². The standard InChI is InChI=1S/C6H3ClN2S.C6H4N2S2.C5H3ClN2O2.C5H5ClN2.C3H6OS2.CH4O.Cl2O2S.K/c7-6-9-5-4(10-6)2-1-3-8-5;9-6-8-5-4(10-6)2-1-3-7-5;6-4-2-1-3-7-5(4)8(9)10;6-4-2-1-3-8-5(4)7;1-2-4-3(5)6;1-2;1-5(2,3)4;/h1-3H;1-3H,(H,7,8,9);1-3H;1-3H,(H2,7,8);2H2,1H3,(H,5,6);2H,1H3;;/q;;;;;;;+1/p-1. The Labute approximate surface area is 388 Å². The van der Waals surface area contributed by atoms with Gasteiger partial charge < -0.3 is 55.5 Å². The quantitative estimate of drug-likeness (QED) is 0.0465. The van der Waals surface area contributed by atoms with Gasteiger partial charge in [0.1, 0.15) is 22.7 Å². The third-order valence-corrected chi connectivity index (χ3v) is 7.45. The third kappa shape index (κ3) is 25.8. The molecule has 4 N–H and O–H groups in total. The van der Waals surface area contributed by atoms with Crippen LogP contribution in [-0.4, -0.2) is 66.5 Å². The van der Waals surface area contributed by atoms with Gasteiger partial charge >= 0.3 is 65.5 Å². The van der Waals surface area contributed by atoms with Gasteiger partial charge in [-0.1, -0.05) is 34.8 Å². The molecule has 6 aromatic heterocycles. The first-order valence-electron chi connectivity index (χ1n) is 12.9. The van der Waals surface area contributed by atoms with Crippen LogP contribution < -0.4 is 57.1 Å². The molecule has 0 aliphatic rings. The van der Waals surface area contributed by atoms with E-state index in [0.717, 1.165) is 31.8 Å². The van der Waals surface area contributed by atoms with E-state index in [1.807, 2.05) is 31.2 Å². The summed E-state index contributed by atoms with van der Waals surface area (Å²) in [6.07, 6.45) is 6.38. The van der Waals surface area contributed by atoms with Crippen molar-refractivity contribution in [2.24, 2.45) is 0 Å². The number of nitrogens with two attached hydrogens (primary N) is 1. The van der Waals surface area contributed by atoms with Crippen molar-refractivity contribution < 1.29 is 74.6 Å². The van der Waals surface area contributed by atoms with Crippen LogP contribution in [0.4, 0.5) is 11.6 Å². The van der Waals surface area contributed by atoms with E-state index < -0.39 is 13.2 Å². The van der Waals surface area contributed by atoms with E-state index in [4.69, 9.17) is 66.3 Å². The number of rotatable bonds is 2. The normalized spacial score (nSPS) is 9.31. The second-order valence-corrected chi connectivity index (χ2v) is 16.5. The number of nitrogen functional groups attached to an aromatic ring is 1. The zero-order valence-electron chi connectivity index (χ0n) is 26.7. The molecule has 0 unspecified atom stereocenters. The summed E-state index contributed by atoms with van der Waals surface area (Å²) in [5, 5.41) is 17.6. The Morgan fingerprint density at radius 1 is 0.962 bits per heavy atom. The fraction of sp³-hybridized carbons (Fsp3) is 0.115. The summed E-state index contributed by atoms with van der Waals surface area (Å²) in [4.78, 5) is 31.7. The number of fused-ring (bicyclic) bond motifs is 2. The zero-order chi connectivity index (χ0) is 39.0. The van der Waals surface area contributed by atoms with E-state index in [0.29, 0.717) is 21.9 Å². The molecule has 0 amide bonds. The Kier molecular flexibility index (Phi) is 30.8. The van der Waals surface area contributed by atoms with Crippen molar-refractivity contribution in [1.82, 2.24) is 29.9 Å². The molecule has 0 spiro atoms. The van der Waals surface area contributed by atoms with Crippen molar-refractivity contribution in [3.63, 3.8) is 0 Å². The molecule has 0 aliphatic carbocycles. The zero-order valence-corrected chi connectivity index (χ0v) is 38.5. The monoisotopic (exact) mass is 950 g/mol. The summed E-state index contributed by atoms with van der Waals surface area (Å²) in [7, 11) is 5.81. The van der Waals surface area contributed by atoms with Gasteiger partial charge in [0, 0.05) is 51.4 Å². The summed E-state index contributed by atoms with van der Waals surface area (Å²) in [6.45, 7) is 2.43. The Balaban J connectivity index is 0. The number of halogens is 5. The molecule has 6 aromatic rings. The molecule has 0 atom stereocenters. The second kappa shape index (κ2) is 30.2. The van der Waals surface area contributed by atoms with E-state index in [-0.39, 0.29) is 66.6 Å². The van der Waals surface area contributed by atoms with E-state index >= 15 is 0 Å². The predicted molar refractivity (Wildman–Crippen MR) is 217 cm³/mol. The molecule has 0 radical (unpaired) electrons. The number of ether oxygens (including phenoxy) is 1. The fourth-order valence-corrected chi connectivity index (χ4v) is 5.15. The van der Waals surface area contributed by atoms with Gasteiger partial charge in [0.15, 0.2) is 14.1 Å². The average molecular weight is 953 g/mol. The number of nitro groups is 1. The van der Waals surface area contributed by atoms with Gasteiger partial charge in [-0.15, -0.1) is 22.7 Å². The smallest absolute Gasteiger partial charge is 0.514 e. The van der Waals surface area contributed by atoms with Crippen molar-refractivity contribution in [3.8, 4) is 0 Å². The molecule has 14 nitrogen and oxygen atoms in total. The summed E-state index contributed by atoms with van der Waals surface area (Å²) in [6, 6.07) is 14.1. The van der Waals surface area contributed by atoms with Crippen LogP contribution in [0.1, 0.15) is 6.92 Å². The third-order valence-electron chi connectivity index (χ3n) is 4.29. The second-order valence-electron chi connectivity index (χ2n) is 7.65. The van der Waals surface area contributed by atoms with Crippen LogP contribution in [0.25, 0.3) is 20.7 Å². The largest absolute Gasteiger partial charge is 1.00 e. The average Bonchev–Trinajstić information content (AvgIpc) is 3.64. The Morgan fingerprint density at radius 2 is 1.46 bits per heavy atom. The Hall–Kier alpha value is -1.09. The van der Waals surface area contributed by atoms with Gasteiger partial charge in [0.05, 0.1) is 21.0 Å². The van der Waals surface area contributed by atoms with Gasteiger partial charge in [0.2, 0.25) is 0 Å². The van der Waals surface area contributed by atoms with Crippen LogP contribution >= 0.6 is 103 Å². The molecule has 0 bridgehead atoms. The predicted octanol–water partition coefficient (Wildman–Crippen LogP) is 5.83. The number of aliphatic hydroxyl groups is 1. The van der Waals surface area contributed by atoms with Crippen molar-refractivity contribution >= 4 is 161 Å². The number of pyridine rings is 4. The Morgan fingerprint density at radius 3 is 1.87 bits per heavy atom. The summed E-state index contributed by atoms with van der Waals surface area (Å²) in [5.74, 6) is 0.0818. The molecular weight excluding hydrogens is 929 g/mol. The minimum absolute atomic E-state index is 0. The summed E-state index contributed by atoms with van der Waals surface area (Å²) < 4.78 is 26.6. The van der Waals surface area contributed by atoms with E-state index in [1.54, 1.807) is 42.1 Å². The molecule has 0 aliphatic heterocycles. The number of anilines is 1. The SMILES string of the molecule is CCOC(=S)[S-].CO.Clc1nc2ncccc2s1.Nc1ncccc1Cl.O=S(=O)(Cl)Cl.O=[N+]([O-])c1ncccc1Cl.S=c1[nH]c2ncccc2s1.[K+]. The number of hydrogen-bond donors (Lipinski definition) is 3. The van der Waals surface area contributed by atoms with E-state index in [1.165, 1.54) is 29.7 Å². The maximum Gasteiger partial charge on any atom is 1.00 e. The fourth-order valence-electron chi connectivity index (χ4n) is 2.56. The minimum Gasteiger partial charge on any atom is -0.514 e. The van der Waals surface area contributed by atoms with E-state index in [9.17, 15) is 10.1 Å². The molecule has 0 saturated heterocycles. The first-order valence-corrected chi connectivity index (χ1v) is 20.0. The number of hydrogen-bond acceptors (Lipinski definition) is 17. The number of nitrogens with zero attached hydrogens (tertiary/aromatic N) is 6. The summed E-state index contributed by atoms with van der Waals surface area (Å²) >= 11 is 33.3. The topological polar surface area (TPSA) is 213 Å². The van der Waals surface area contributed by atoms with Gasteiger partial charge in [-0.05, 0) is 77.6 Å². The van der Waals surface area contributed by atoms with Crippen LogP contribution in [0.2, 0.25) is 14.5 Å². The molecule has 0 saturated carbocycles. The number of H-pyrrole nitrogens is 1. The van der Waals surface area contributed by atoms with Crippen molar-refractivity contribution in [1.29, 1.82) is 0 Å². The van der Waals surface area contributed by atoms with Gasteiger partial charge in [0.25, 0.3) is 0 Å². The molecule has 0 aromatic carbocycles. The number of thiocarbonyl (C=S) groups is 1. The van der Waals surface area contributed by atoms with Crippen LogP contribution in [0.5, 0.6) is 0 Å². The van der Waals surface area contributed by atoms with Crippen molar-refractivity contribution in [2.75, 3.05) is 19.5 Å². The van der Waals surface area contributed by atoms with Gasteiger partial charge in [-0.25, -0.2) is 19.9 Å². The number of thiazole rings is 2. The van der Waals surface area contributed by atoms with Gasteiger partial charge in [-0.3, -0.25) is 0 Å². The number of aromatic amines is 1. The number of aliphatic hydroxyl groups excluding tert-OH is 1. The summed E-state index contributed by atoms with van der Waals surface area (Å²) in [5.41, 5.74) is 6.90.